The Kier molecular flexibility index (Phi) is 5.90. The lowest BCUT2D eigenvalue weighted by molar-refractivity contribution is -0.384. The van der Waals surface area contributed by atoms with Gasteiger partial charge in [-0.25, -0.2) is 0 Å². The molecule has 0 amide bonds. The van der Waals surface area contributed by atoms with Crippen LogP contribution in [0, 0.1) is 10.1 Å². The van der Waals surface area contributed by atoms with E-state index < -0.39 is 4.92 Å². The number of nitro groups is 1. The van der Waals surface area contributed by atoms with Gasteiger partial charge in [0.1, 0.15) is 11.5 Å². The quantitative estimate of drug-likeness (QED) is 0.241. The smallest absolute Gasteiger partial charge is 0.277 e. The van der Waals surface area contributed by atoms with Gasteiger partial charge >= 0.3 is 0 Å². The molecule has 0 aliphatic heterocycles. The summed E-state index contributed by atoms with van der Waals surface area (Å²) in [6.07, 6.45) is 0. The van der Waals surface area contributed by atoms with Crippen molar-refractivity contribution in [3.63, 3.8) is 0 Å². The fourth-order valence-corrected chi connectivity index (χ4v) is 3.02. The van der Waals surface area contributed by atoms with Crippen molar-refractivity contribution in [1.82, 2.24) is 10.2 Å². The number of ketones is 1. The number of hydrogen-bond donors (Lipinski definition) is 0. The number of thioether (sulfide) groups is 1. The molecule has 0 unspecified atom stereocenters. The molecule has 0 saturated carbocycles. The first-order valence-corrected chi connectivity index (χ1v) is 8.96. The van der Waals surface area contributed by atoms with E-state index in [1.165, 1.54) is 32.4 Å². The molecular formula is C18H15N3O6S. The molecule has 3 rings (SSSR count). The van der Waals surface area contributed by atoms with E-state index in [0.717, 1.165) is 11.8 Å². The van der Waals surface area contributed by atoms with Crippen LogP contribution in [-0.2, 0) is 0 Å². The Morgan fingerprint density at radius 1 is 1.18 bits per heavy atom. The Labute approximate surface area is 163 Å². The zero-order valence-corrected chi connectivity index (χ0v) is 15.8. The Morgan fingerprint density at radius 2 is 2.00 bits per heavy atom. The van der Waals surface area contributed by atoms with Crippen molar-refractivity contribution in [2.75, 3.05) is 20.0 Å². The molecule has 0 atom stereocenters. The van der Waals surface area contributed by atoms with Crippen molar-refractivity contribution in [3.05, 3.63) is 58.1 Å². The van der Waals surface area contributed by atoms with Gasteiger partial charge in [-0.3, -0.25) is 14.9 Å². The van der Waals surface area contributed by atoms with Crippen LogP contribution >= 0.6 is 11.8 Å². The zero-order chi connectivity index (χ0) is 20.1. The molecule has 2 aromatic carbocycles. The minimum absolute atomic E-state index is 0.0548. The maximum atomic E-state index is 12.5. The first-order valence-electron chi connectivity index (χ1n) is 7.98. The van der Waals surface area contributed by atoms with Crippen LogP contribution < -0.4 is 9.47 Å². The van der Waals surface area contributed by atoms with Crippen LogP contribution in [0.3, 0.4) is 0 Å². The average Bonchev–Trinajstić information content (AvgIpc) is 3.20. The summed E-state index contributed by atoms with van der Waals surface area (Å²) < 4.78 is 15.9. The molecule has 0 aliphatic rings. The number of rotatable bonds is 8. The summed E-state index contributed by atoms with van der Waals surface area (Å²) in [6, 6.07) is 10.8. The second-order valence-electron chi connectivity index (χ2n) is 5.46. The lowest BCUT2D eigenvalue weighted by Crippen LogP contribution is -2.05. The van der Waals surface area contributed by atoms with E-state index in [-0.39, 0.29) is 28.3 Å². The predicted octanol–water partition coefficient (Wildman–Crippen LogP) is 3.64. The molecule has 0 radical (unpaired) electrons. The Balaban J connectivity index is 1.70. The van der Waals surface area contributed by atoms with E-state index in [1.807, 2.05) is 0 Å². The molecule has 28 heavy (non-hydrogen) atoms. The standard InChI is InChI=1S/C18H15N3O6S/c1-25-13-6-7-14(16(9-13)26-2)15(22)10-28-18-20-19-17(27-18)11-4-3-5-12(8-11)21(23)24/h3-9H,10H2,1-2H3. The monoisotopic (exact) mass is 401 g/mol. The minimum atomic E-state index is -0.504. The fourth-order valence-electron chi connectivity index (χ4n) is 2.37. The molecule has 10 heteroatoms. The molecular weight excluding hydrogens is 386 g/mol. The van der Waals surface area contributed by atoms with Gasteiger partial charge in [0.2, 0.25) is 5.89 Å². The van der Waals surface area contributed by atoms with E-state index in [9.17, 15) is 14.9 Å². The highest BCUT2D eigenvalue weighted by molar-refractivity contribution is 7.99. The molecule has 0 bridgehead atoms. The number of benzene rings is 2. The number of non-ortho nitro benzene ring substituents is 1. The summed E-state index contributed by atoms with van der Waals surface area (Å²) in [5.41, 5.74) is 0.762. The van der Waals surface area contributed by atoms with Gasteiger partial charge in [0.15, 0.2) is 5.78 Å². The molecule has 0 saturated heterocycles. The lowest BCUT2D eigenvalue weighted by Gasteiger charge is -2.08. The summed E-state index contributed by atoms with van der Waals surface area (Å²) >= 11 is 1.07. The van der Waals surface area contributed by atoms with Crippen LogP contribution in [0.25, 0.3) is 11.5 Å². The number of carbonyl (C=O) groups excluding carboxylic acids is 1. The largest absolute Gasteiger partial charge is 0.497 e. The average molecular weight is 401 g/mol. The second-order valence-corrected chi connectivity index (χ2v) is 6.39. The van der Waals surface area contributed by atoms with E-state index in [2.05, 4.69) is 10.2 Å². The number of ether oxygens (including phenoxy) is 2. The Bertz CT molecular complexity index is 1020. The van der Waals surface area contributed by atoms with Crippen molar-refractivity contribution in [3.8, 4) is 23.0 Å². The van der Waals surface area contributed by atoms with Crippen molar-refractivity contribution >= 4 is 23.2 Å². The van der Waals surface area contributed by atoms with Gasteiger partial charge in [-0.1, -0.05) is 17.8 Å². The number of carbonyl (C=O) groups is 1. The Morgan fingerprint density at radius 3 is 2.71 bits per heavy atom. The summed E-state index contributed by atoms with van der Waals surface area (Å²) in [7, 11) is 3.00. The summed E-state index contributed by atoms with van der Waals surface area (Å²) in [6.45, 7) is 0. The second kappa shape index (κ2) is 8.53. The number of methoxy groups -OCH3 is 2. The van der Waals surface area contributed by atoms with Gasteiger partial charge in [0.25, 0.3) is 10.9 Å². The van der Waals surface area contributed by atoms with Crippen LogP contribution in [-0.4, -0.2) is 40.9 Å². The van der Waals surface area contributed by atoms with Crippen LogP contribution in [0.15, 0.2) is 52.1 Å². The predicted molar refractivity (Wildman–Crippen MR) is 101 cm³/mol. The number of nitro benzene ring substituents is 1. The maximum absolute atomic E-state index is 12.5. The molecule has 1 aromatic heterocycles. The van der Waals surface area contributed by atoms with Crippen LogP contribution in [0.1, 0.15) is 10.4 Å². The zero-order valence-electron chi connectivity index (χ0n) is 14.9. The maximum Gasteiger partial charge on any atom is 0.277 e. The van der Waals surface area contributed by atoms with Gasteiger partial charge in [0.05, 0.1) is 30.5 Å². The minimum Gasteiger partial charge on any atom is -0.497 e. The third kappa shape index (κ3) is 4.29. The number of Topliss-reactive ketones (excluding diaryl/α,β-unsaturated/α-hetero) is 1. The first kappa shape index (κ1) is 19.4. The Hall–Kier alpha value is -3.40. The third-order valence-corrected chi connectivity index (χ3v) is 4.56. The number of aromatic nitrogens is 2. The lowest BCUT2D eigenvalue weighted by atomic mass is 10.1. The SMILES string of the molecule is COc1ccc(C(=O)CSc2nnc(-c3cccc([N+](=O)[O-])c3)o2)c(OC)c1. The molecule has 9 nitrogen and oxygen atoms in total. The molecule has 0 aliphatic carbocycles. The van der Waals surface area contributed by atoms with Gasteiger partial charge in [-0.05, 0) is 18.2 Å². The molecule has 0 fully saturated rings. The molecule has 3 aromatic rings. The van der Waals surface area contributed by atoms with Gasteiger partial charge < -0.3 is 13.9 Å². The van der Waals surface area contributed by atoms with Crippen LogP contribution in [0.4, 0.5) is 5.69 Å². The fraction of sp³-hybridized carbons (Fsp3) is 0.167. The van der Waals surface area contributed by atoms with Crippen LogP contribution in [0.5, 0.6) is 11.5 Å². The van der Waals surface area contributed by atoms with Crippen molar-refractivity contribution in [2.24, 2.45) is 0 Å². The normalized spacial score (nSPS) is 10.5. The van der Waals surface area contributed by atoms with Gasteiger partial charge in [0, 0.05) is 23.8 Å². The summed E-state index contributed by atoms with van der Waals surface area (Å²) in [4.78, 5) is 22.9. The van der Waals surface area contributed by atoms with Gasteiger partial charge in [-0.15, -0.1) is 10.2 Å². The van der Waals surface area contributed by atoms with Crippen molar-refractivity contribution < 1.29 is 23.6 Å². The summed E-state index contributed by atoms with van der Waals surface area (Å²) in [5.74, 6) is 1.01. The first-order chi connectivity index (χ1) is 13.5. The van der Waals surface area contributed by atoms with E-state index >= 15 is 0 Å². The number of hydrogen-bond acceptors (Lipinski definition) is 9. The van der Waals surface area contributed by atoms with Crippen LogP contribution in [0.2, 0.25) is 0 Å². The molecule has 0 N–H and O–H groups in total. The topological polar surface area (TPSA) is 118 Å². The van der Waals surface area contributed by atoms with E-state index in [0.29, 0.717) is 22.6 Å². The molecule has 1 heterocycles. The third-order valence-electron chi connectivity index (χ3n) is 3.75. The highest BCUT2D eigenvalue weighted by Gasteiger charge is 2.17. The molecule has 144 valence electrons. The van der Waals surface area contributed by atoms with E-state index in [4.69, 9.17) is 13.9 Å². The molecule has 0 spiro atoms. The van der Waals surface area contributed by atoms with Crippen molar-refractivity contribution in [2.45, 2.75) is 5.22 Å². The highest BCUT2D eigenvalue weighted by Crippen LogP contribution is 2.29. The summed E-state index contributed by atoms with van der Waals surface area (Å²) in [5, 5.41) is 18.8. The van der Waals surface area contributed by atoms with Crippen molar-refractivity contribution in [1.29, 1.82) is 0 Å². The van der Waals surface area contributed by atoms with Gasteiger partial charge in [-0.2, -0.15) is 0 Å². The number of nitrogens with zero attached hydrogens (tertiary/aromatic N) is 3. The van der Waals surface area contributed by atoms with E-state index in [1.54, 1.807) is 24.3 Å². The highest BCUT2D eigenvalue weighted by atomic mass is 32.2.